The first-order valence-corrected chi connectivity index (χ1v) is 6.56. The highest BCUT2D eigenvalue weighted by Crippen LogP contribution is 2.25. The Hall–Kier alpha value is -0.940. The number of pyridine rings is 1. The van der Waals surface area contributed by atoms with Gasteiger partial charge >= 0.3 is 0 Å². The topological polar surface area (TPSA) is 59.1 Å². The molecule has 5 heteroatoms. The van der Waals surface area contributed by atoms with Crippen LogP contribution in [0.2, 0.25) is 0 Å². The third-order valence-electron chi connectivity index (χ3n) is 2.48. The van der Waals surface area contributed by atoms with E-state index in [1.165, 1.54) is 0 Å². The van der Waals surface area contributed by atoms with Crippen molar-refractivity contribution in [2.24, 2.45) is 0 Å². The number of nitrogens with one attached hydrogen (secondary N) is 1. The van der Waals surface area contributed by atoms with Crippen molar-refractivity contribution >= 4 is 10.0 Å². The monoisotopic (exact) mass is 226 g/mol. The zero-order valence-electron chi connectivity index (χ0n) is 8.55. The molecular formula is C10H14N2O2S. The minimum atomic E-state index is -3.26. The van der Waals surface area contributed by atoms with E-state index in [0.29, 0.717) is 5.69 Å². The Balaban J connectivity index is 2.15. The number of hydrogen-bond acceptors (Lipinski definition) is 3. The molecule has 1 aliphatic rings. The summed E-state index contributed by atoms with van der Waals surface area (Å²) < 4.78 is 26.3. The van der Waals surface area contributed by atoms with Crippen molar-refractivity contribution < 1.29 is 8.42 Å². The van der Waals surface area contributed by atoms with Crippen LogP contribution in [0.1, 0.15) is 30.7 Å². The van der Waals surface area contributed by atoms with Crippen LogP contribution in [-0.4, -0.2) is 19.4 Å². The molecule has 1 saturated carbocycles. The maximum atomic E-state index is 11.8. The maximum Gasteiger partial charge on any atom is 0.220 e. The van der Waals surface area contributed by atoms with Gasteiger partial charge in [0.15, 0.2) is 0 Å². The van der Waals surface area contributed by atoms with Gasteiger partial charge in [0.2, 0.25) is 10.0 Å². The van der Waals surface area contributed by atoms with Crippen LogP contribution in [0.5, 0.6) is 0 Å². The number of rotatable bonds is 4. The SMILES string of the molecule is CC(c1ccccn1)S(=O)(=O)NC1CC1. The summed E-state index contributed by atoms with van der Waals surface area (Å²) in [5, 5.41) is -0.584. The van der Waals surface area contributed by atoms with E-state index in [0.717, 1.165) is 12.8 Å². The minimum absolute atomic E-state index is 0.154. The number of hydrogen-bond donors (Lipinski definition) is 1. The summed E-state index contributed by atoms with van der Waals surface area (Å²) in [4.78, 5) is 4.05. The first-order valence-electron chi connectivity index (χ1n) is 5.01. The summed E-state index contributed by atoms with van der Waals surface area (Å²) in [5.74, 6) is 0. The van der Waals surface area contributed by atoms with Crippen LogP contribution in [0.15, 0.2) is 24.4 Å². The summed E-state index contributed by atoms with van der Waals surface area (Å²) in [5.41, 5.74) is 0.589. The van der Waals surface area contributed by atoms with Crippen LogP contribution in [0.25, 0.3) is 0 Å². The summed E-state index contributed by atoms with van der Waals surface area (Å²) in [6.45, 7) is 1.66. The summed E-state index contributed by atoms with van der Waals surface area (Å²) in [6.07, 6.45) is 3.51. The van der Waals surface area contributed by atoms with E-state index in [2.05, 4.69) is 9.71 Å². The average Bonchev–Trinajstić information content (AvgIpc) is 3.01. The summed E-state index contributed by atoms with van der Waals surface area (Å²) >= 11 is 0. The second-order valence-electron chi connectivity index (χ2n) is 3.83. The van der Waals surface area contributed by atoms with E-state index >= 15 is 0 Å². The molecule has 0 saturated heterocycles. The second kappa shape index (κ2) is 3.90. The fourth-order valence-corrected chi connectivity index (χ4v) is 2.67. The van der Waals surface area contributed by atoms with E-state index in [-0.39, 0.29) is 6.04 Å². The molecule has 4 nitrogen and oxygen atoms in total. The van der Waals surface area contributed by atoms with Crippen molar-refractivity contribution in [2.75, 3.05) is 0 Å². The van der Waals surface area contributed by atoms with Gasteiger partial charge in [-0.3, -0.25) is 4.98 Å². The molecule has 0 amide bonds. The molecular weight excluding hydrogens is 212 g/mol. The Kier molecular flexibility index (Phi) is 2.75. The van der Waals surface area contributed by atoms with Crippen molar-refractivity contribution in [2.45, 2.75) is 31.1 Å². The first kappa shape index (κ1) is 10.6. The molecule has 1 unspecified atom stereocenters. The standard InChI is InChI=1S/C10H14N2O2S/c1-8(10-4-2-3-7-11-10)15(13,14)12-9-5-6-9/h2-4,7-9,12H,5-6H2,1H3. The van der Waals surface area contributed by atoms with Gasteiger partial charge in [0, 0.05) is 12.2 Å². The Morgan fingerprint density at radius 3 is 2.73 bits per heavy atom. The smallest absolute Gasteiger partial charge is 0.220 e. The van der Waals surface area contributed by atoms with Crippen molar-refractivity contribution in [3.05, 3.63) is 30.1 Å². The Bertz CT molecular complexity index is 426. The van der Waals surface area contributed by atoms with Crippen molar-refractivity contribution in [3.63, 3.8) is 0 Å². The van der Waals surface area contributed by atoms with Gasteiger partial charge in [-0.15, -0.1) is 0 Å². The Labute approximate surface area is 89.8 Å². The Morgan fingerprint density at radius 1 is 1.47 bits per heavy atom. The molecule has 0 aliphatic heterocycles. The lowest BCUT2D eigenvalue weighted by Gasteiger charge is -2.12. The molecule has 0 spiro atoms. The van der Waals surface area contributed by atoms with Gasteiger partial charge in [-0.05, 0) is 31.9 Å². The lowest BCUT2D eigenvalue weighted by atomic mass is 10.3. The fourth-order valence-electron chi connectivity index (χ4n) is 1.31. The van der Waals surface area contributed by atoms with E-state index in [1.807, 2.05) is 0 Å². The molecule has 1 heterocycles. The second-order valence-corrected chi connectivity index (χ2v) is 5.87. The van der Waals surface area contributed by atoms with E-state index < -0.39 is 15.3 Å². The number of aromatic nitrogens is 1. The molecule has 0 bridgehead atoms. The molecule has 1 aliphatic carbocycles. The minimum Gasteiger partial charge on any atom is -0.260 e. The van der Waals surface area contributed by atoms with Crippen molar-refractivity contribution in [1.82, 2.24) is 9.71 Å². The molecule has 1 aromatic heterocycles. The average molecular weight is 226 g/mol. The number of sulfonamides is 1. The highest BCUT2D eigenvalue weighted by atomic mass is 32.2. The van der Waals surface area contributed by atoms with Crippen LogP contribution in [0.3, 0.4) is 0 Å². The third kappa shape index (κ3) is 2.54. The highest BCUT2D eigenvalue weighted by molar-refractivity contribution is 7.89. The van der Waals surface area contributed by atoms with Gasteiger partial charge in [-0.2, -0.15) is 0 Å². The first-order chi connectivity index (χ1) is 7.09. The van der Waals surface area contributed by atoms with Crippen molar-refractivity contribution in [3.8, 4) is 0 Å². The van der Waals surface area contributed by atoms with E-state index in [1.54, 1.807) is 31.3 Å². The zero-order chi connectivity index (χ0) is 10.9. The molecule has 2 rings (SSSR count). The molecule has 0 aromatic carbocycles. The third-order valence-corrected chi connectivity index (χ3v) is 4.31. The van der Waals surface area contributed by atoms with Gasteiger partial charge in [0.05, 0.1) is 5.69 Å². The summed E-state index contributed by atoms with van der Waals surface area (Å²) in [7, 11) is -3.26. The summed E-state index contributed by atoms with van der Waals surface area (Å²) in [6, 6.07) is 5.46. The molecule has 1 fully saturated rings. The fraction of sp³-hybridized carbons (Fsp3) is 0.500. The van der Waals surface area contributed by atoms with Gasteiger partial charge in [0.1, 0.15) is 5.25 Å². The van der Waals surface area contributed by atoms with E-state index in [4.69, 9.17) is 0 Å². The predicted octanol–water partition coefficient (Wildman–Crippen LogP) is 1.22. The Morgan fingerprint density at radius 2 is 2.20 bits per heavy atom. The highest BCUT2D eigenvalue weighted by Gasteiger charge is 2.31. The largest absolute Gasteiger partial charge is 0.260 e. The van der Waals surface area contributed by atoms with Crippen LogP contribution in [0, 0.1) is 0 Å². The van der Waals surface area contributed by atoms with Gasteiger partial charge < -0.3 is 0 Å². The normalized spacial score (nSPS) is 18.7. The lowest BCUT2D eigenvalue weighted by Crippen LogP contribution is -2.30. The molecule has 1 atom stereocenters. The van der Waals surface area contributed by atoms with Gasteiger partial charge in [-0.25, -0.2) is 13.1 Å². The molecule has 0 radical (unpaired) electrons. The quantitative estimate of drug-likeness (QED) is 0.840. The number of nitrogens with zero attached hydrogens (tertiary/aromatic N) is 1. The van der Waals surface area contributed by atoms with Crippen molar-refractivity contribution in [1.29, 1.82) is 0 Å². The molecule has 82 valence electrons. The van der Waals surface area contributed by atoms with Gasteiger partial charge in [0.25, 0.3) is 0 Å². The van der Waals surface area contributed by atoms with E-state index in [9.17, 15) is 8.42 Å². The maximum absolute atomic E-state index is 11.8. The predicted molar refractivity (Wildman–Crippen MR) is 57.7 cm³/mol. The van der Waals surface area contributed by atoms with Crippen LogP contribution < -0.4 is 4.72 Å². The zero-order valence-corrected chi connectivity index (χ0v) is 9.37. The van der Waals surface area contributed by atoms with Crippen LogP contribution in [-0.2, 0) is 10.0 Å². The molecule has 15 heavy (non-hydrogen) atoms. The molecule has 1 aromatic rings. The lowest BCUT2D eigenvalue weighted by molar-refractivity contribution is 0.569. The van der Waals surface area contributed by atoms with Crippen LogP contribution in [0.4, 0.5) is 0 Å². The molecule has 1 N–H and O–H groups in total. The van der Waals surface area contributed by atoms with Crippen LogP contribution >= 0.6 is 0 Å². The van der Waals surface area contributed by atoms with Gasteiger partial charge in [-0.1, -0.05) is 6.07 Å².